The van der Waals surface area contributed by atoms with Crippen LogP contribution >= 0.6 is 0 Å². The van der Waals surface area contributed by atoms with Crippen LogP contribution in [0.1, 0.15) is 33.6 Å². The van der Waals surface area contributed by atoms with Gasteiger partial charge in [-0.05, 0) is 32.3 Å². The van der Waals surface area contributed by atoms with Crippen molar-refractivity contribution in [2.24, 2.45) is 5.92 Å². The summed E-state index contributed by atoms with van der Waals surface area (Å²) >= 11 is 0. The summed E-state index contributed by atoms with van der Waals surface area (Å²) in [6.07, 6.45) is 2.69. The first kappa shape index (κ1) is 12.1. The van der Waals surface area contributed by atoms with Crippen LogP contribution in [0.25, 0.3) is 0 Å². The van der Waals surface area contributed by atoms with Gasteiger partial charge in [-0.1, -0.05) is 13.3 Å². The Labute approximate surface area is 103 Å². The fraction of sp³-hybridized carbons (Fsp3) is 0.571. The zero-order valence-corrected chi connectivity index (χ0v) is 10.9. The molecule has 0 heterocycles. The highest BCUT2D eigenvalue weighted by Crippen LogP contribution is 2.37. The molecular weight excluding hydrogens is 212 g/mol. The van der Waals surface area contributed by atoms with Crippen molar-refractivity contribution >= 4 is 11.4 Å². The molecule has 0 aromatic heterocycles. The molecular formula is C14H22N2O. The molecule has 1 aromatic carbocycles. The zero-order valence-electron chi connectivity index (χ0n) is 10.9. The second-order valence-electron chi connectivity index (χ2n) is 5.11. The Morgan fingerprint density at radius 3 is 2.76 bits per heavy atom. The molecule has 0 bridgehead atoms. The number of anilines is 2. The molecule has 3 nitrogen and oxygen atoms in total. The van der Waals surface area contributed by atoms with Gasteiger partial charge in [0.2, 0.25) is 0 Å². The van der Waals surface area contributed by atoms with Crippen LogP contribution in [0.3, 0.4) is 0 Å². The van der Waals surface area contributed by atoms with Crippen LogP contribution in [-0.4, -0.2) is 12.1 Å². The van der Waals surface area contributed by atoms with Gasteiger partial charge in [0, 0.05) is 29.5 Å². The molecule has 1 aromatic rings. The molecule has 2 rings (SSSR count). The molecule has 0 saturated heterocycles. The van der Waals surface area contributed by atoms with E-state index < -0.39 is 0 Å². The molecule has 2 unspecified atom stereocenters. The van der Waals surface area contributed by atoms with Gasteiger partial charge in [0.25, 0.3) is 0 Å². The van der Waals surface area contributed by atoms with Crippen molar-refractivity contribution in [1.29, 1.82) is 0 Å². The van der Waals surface area contributed by atoms with Crippen LogP contribution in [0.4, 0.5) is 11.4 Å². The number of nitrogens with two attached hydrogens (primary N) is 1. The number of nitrogens with one attached hydrogen (secondary N) is 1. The monoisotopic (exact) mass is 234 g/mol. The average Bonchev–Trinajstić information content (AvgIpc) is 2.94. The summed E-state index contributed by atoms with van der Waals surface area (Å²) in [7, 11) is 0. The number of hydrogen-bond acceptors (Lipinski definition) is 3. The number of hydrogen-bond donors (Lipinski definition) is 2. The third kappa shape index (κ3) is 3.29. The van der Waals surface area contributed by atoms with Gasteiger partial charge in [0.15, 0.2) is 0 Å². The normalized spacial score (nSPS) is 22.6. The third-order valence-electron chi connectivity index (χ3n) is 3.10. The van der Waals surface area contributed by atoms with Gasteiger partial charge >= 0.3 is 0 Å². The second-order valence-corrected chi connectivity index (χ2v) is 5.11. The van der Waals surface area contributed by atoms with Crippen molar-refractivity contribution in [3.05, 3.63) is 18.2 Å². The summed E-state index contributed by atoms with van der Waals surface area (Å²) in [5, 5.41) is 3.51. The van der Waals surface area contributed by atoms with E-state index >= 15 is 0 Å². The lowest BCUT2D eigenvalue weighted by Gasteiger charge is -2.13. The number of rotatable bonds is 5. The Morgan fingerprint density at radius 1 is 1.41 bits per heavy atom. The van der Waals surface area contributed by atoms with Gasteiger partial charge in [-0.3, -0.25) is 0 Å². The molecule has 1 aliphatic carbocycles. The zero-order chi connectivity index (χ0) is 12.4. The molecule has 0 spiro atoms. The van der Waals surface area contributed by atoms with Crippen molar-refractivity contribution < 1.29 is 4.74 Å². The molecule has 0 amide bonds. The summed E-state index contributed by atoms with van der Waals surface area (Å²) in [4.78, 5) is 0. The Morgan fingerprint density at radius 2 is 2.18 bits per heavy atom. The lowest BCUT2D eigenvalue weighted by atomic mass is 10.2. The van der Waals surface area contributed by atoms with E-state index in [1.165, 1.54) is 12.8 Å². The largest absolute Gasteiger partial charge is 0.491 e. The summed E-state index contributed by atoms with van der Waals surface area (Å²) in [6.45, 7) is 6.27. The first-order valence-corrected chi connectivity index (χ1v) is 6.42. The first-order valence-electron chi connectivity index (χ1n) is 6.42. The Bertz CT molecular complexity index is 390. The summed E-state index contributed by atoms with van der Waals surface area (Å²) in [5.74, 6) is 1.67. The Hall–Kier alpha value is -1.38. The van der Waals surface area contributed by atoms with E-state index in [1.54, 1.807) is 0 Å². The van der Waals surface area contributed by atoms with E-state index in [1.807, 2.05) is 32.0 Å². The highest BCUT2D eigenvalue weighted by atomic mass is 16.5. The Kier molecular flexibility index (Phi) is 3.46. The third-order valence-corrected chi connectivity index (χ3v) is 3.10. The van der Waals surface area contributed by atoms with E-state index in [4.69, 9.17) is 10.5 Å². The van der Waals surface area contributed by atoms with E-state index in [0.717, 1.165) is 23.0 Å². The fourth-order valence-electron chi connectivity index (χ4n) is 2.14. The molecule has 0 radical (unpaired) electrons. The standard InChI is InChI=1S/C14H22N2O/c1-4-10-5-14(10)16-12-6-11(15)7-13(8-12)17-9(2)3/h6-10,14,16H,4-5,15H2,1-3H3. The van der Waals surface area contributed by atoms with E-state index in [-0.39, 0.29) is 6.10 Å². The van der Waals surface area contributed by atoms with Crippen molar-refractivity contribution in [2.75, 3.05) is 11.1 Å². The summed E-state index contributed by atoms with van der Waals surface area (Å²) < 4.78 is 5.67. The predicted molar refractivity (Wildman–Crippen MR) is 72.4 cm³/mol. The van der Waals surface area contributed by atoms with Gasteiger partial charge in [0.05, 0.1) is 6.10 Å². The van der Waals surface area contributed by atoms with E-state index in [9.17, 15) is 0 Å². The molecule has 94 valence electrons. The highest BCUT2D eigenvalue weighted by molar-refractivity contribution is 5.60. The maximum absolute atomic E-state index is 5.88. The molecule has 1 fully saturated rings. The van der Waals surface area contributed by atoms with Crippen molar-refractivity contribution in [1.82, 2.24) is 0 Å². The lowest BCUT2D eigenvalue weighted by Crippen LogP contribution is -2.08. The molecule has 1 aliphatic rings. The van der Waals surface area contributed by atoms with Crippen molar-refractivity contribution in [3.8, 4) is 5.75 Å². The molecule has 17 heavy (non-hydrogen) atoms. The average molecular weight is 234 g/mol. The van der Waals surface area contributed by atoms with Gasteiger partial charge in [-0.15, -0.1) is 0 Å². The van der Waals surface area contributed by atoms with E-state index in [0.29, 0.717) is 6.04 Å². The molecule has 1 saturated carbocycles. The van der Waals surface area contributed by atoms with Gasteiger partial charge in [-0.2, -0.15) is 0 Å². The maximum Gasteiger partial charge on any atom is 0.123 e. The Balaban J connectivity index is 2.04. The van der Waals surface area contributed by atoms with Crippen LogP contribution in [0.15, 0.2) is 18.2 Å². The van der Waals surface area contributed by atoms with Crippen LogP contribution < -0.4 is 15.8 Å². The van der Waals surface area contributed by atoms with Crippen molar-refractivity contribution in [2.45, 2.75) is 45.8 Å². The lowest BCUT2D eigenvalue weighted by molar-refractivity contribution is 0.242. The minimum atomic E-state index is 0.175. The van der Waals surface area contributed by atoms with Gasteiger partial charge < -0.3 is 15.8 Å². The van der Waals surface area contributed by atoms with Crippen molar-refractivity contribution in [3.63, 3.8) is 0 Å². The topological polar surface area (TPSA) is 47.3 Å². The van der Waals surface area contributed by atoms with Crippen LogP contribution in [-0.2, 0) is 0 Å². The molecule has 2 atom stereocenters. The van der Waals surface area contributed by atoms with Crippen LogP contribution in [0.2, 0.25) is 0 Å². The van der Waals surface area contributed by atoms with Gasteiger partial charge in [0.1, 0.15) is 5.75 Å². The smallest absolute Gasteiger partial charge is 0.123 e. The number of nitrogen functional groups attached to an aromatic ring is 1. The van der Waals surface area contributed by atoms with E-state index in [2.05, 4.69) is 12.2 Å². The van der Waals surface area contributed by atoms with Crippen LogP contribution in [0, 0.1) is 5.92 Å². The number of benzene rings is 1. The maximum atomic E-state index is 5.88. The first-order chi connectivity index (χ1) is 8.08. The summed E-state index contributed by atoms with van der Waals surface area (Å²) in [6, 6.07) is 6.49. The molecule has 3 heteroatoms. The predicted octanol–water partition coefficient (Wildman–Crippen LogP) is 3.27. The van der Waals surface area contributed by atoms with Gasteiger partial charge in [-0.25, -0.2) is 0 Å². The van der Waals surface area contributed by atoms with Crippen LogP contribution in [0.5, 0.6) is 5.75 Å². The molecule has 0 aliphatic heterocycles. The number of ether oxygens (including phenoxy) is 1. The highest BCUT2D eigenvalue weighted by Gasteiger charge is 2.35. The second kappa shape index (κ2) is 4.86. The SMILES string of the molecule is CCC1CC1Nc1cc(N)cc(OC(C)C)c1. The summed E-state index contributed by atoms with van der Waals surface area (Å²) in [5.41, 5.74) is 7.70. The molecule has 3 N–H and O–H groups in total. The minimum Gasteiger partial charge on any atom is -0.491 e. The minimum absolute atomic E-state index is 0.175. The fourth-order valence-corrected chi connectivity index (χ4v) is 2.14. The quantitative estimate of drug-likeness (QED) is 0.769.